The lowest BCUT2D eigenvalue weighted by molar-refractivity contribution is -0.169. The molecule has 7 atom stereocenters. The number of epoxide rings is 1. The number of thiazole rings is 1. The molecule has 0 spiro atoms. The number of aromatic nitrogens is 1. The SMILES string of the molecule is CC(=Cc1csc(C)n1)C1OC(=O)C(C)CC(C)(C)C(=O)C(C)CC(C)CCCC2OC2(O)C1O. The predicted molar refractivity (Wildman–Crippen MR) is 136 cm³/mol. The summed E-state index contributed by atoms with van der Waals surface area (Å²) in [7, 11) is 0. The van der Waals surface area contributed by atoms with Gasteiger partial charge < -0.3 is 19.7 Å². The Labute approximate surface area is 212 Å². The Morgan fingerprint density at radius 1 is 1.20 bits per heavy atom. The summed E-state index contributed by atoms with van der Waals surface area (Å²) in [6.07, 6.45) is 2.09. The molecule has 1 aromatic rings. The smallest absolute Gasteiger partial charge is 0.309 e. The summed E-state index contributed by atoms with van der Waals surface area (Å²) in [5, 5.41) is 25.0. The number of esters is 1. The molecule has 0 radical (unpaired) electrons. The summed E-state index contributed by atoms with van der Waals surface area (Å²) >= 11 is 1.50. The van der Waals surface area contributed by atoms with E-state index in [1.165, 1.54) is 11.3 Å². The molecule has 196 valence electrons. The number of hydrogen-bond acceptors (Lipinski definition) is 8. The number of hydrogen-bond donors (Lipinski definition) is 2. The summed E-state index contributed by atoms with van der Waals surface area (Å²) in [6.45, 7) is 13.3. The van der Waals surface area contributed by atoms with Crippen molar-refractivity contribution in [2.45, 2.75) is 105 Å². The Bertz CT molecular complexity index is 955. The highest BCUT2D eigenvalue weighted by atomic mass is 32.1. The maximum atomic E-state index is 13.2. The Balaban J connectivity index is 1.90. The molecular formula is C27H41NO6S. The molecule has 3 heterocycles. The van der Waals surface area contributed by atoms with Crippen molar-refractivity contribution in [3.63, 3.8) is 0 Å². The van der Waals surface area contributed by atoms with Gasteiger partial charge in [0.2, 0.25) is 5.79 Å². The van der Waals surface area contributed by atoms with Crippen LogP contribution in [-0.4, -0.2) is 51.0 Å². The van der Waals surface area contributed by atoms with Gasteiger partial charge in [-0.15, -0.1) is 11.3 Å². The zero-order chi connectivity index (χ0) is 26.1. The van der Waals surface area contributed by atoms with Crippen molar-refractivity contribution >= 4 is 29.2 Å². The molecule has 8 heteroatoms. The summed E-state index contributed by atoms with van der Waals surface area (Å²) in [6, 6.07) is 0. The topological polar surface area (TPSA) is 109 Å². The van der Waals surface area contributed by atoms with Gasteiger partial charge >= 0.3 is 5.97 Å². The monoisotopic (exact) mass is 507 g/mol. The van der Waals surface area contributed by atoms with Gasteiger partial charge in [0.15, 0.2) is 12.2 Å². The van der Waals surface area contributed by atoms with E-state index in [0.29, 0.717) is 30.0 Å². The Morgan fingerprint density at radius 3 is 2.51 bits per heavy atom. The molecule has 2 N–H and O–H groups in total. The van der Waals surface area contributed by atoms with Gasteiger partial charge in [-0.1, -0.05) is 47.5 Å². The number of carbonyl (C=O) groups excluding carboxylic acids is 2. The van der Waals surface area contributed by atoms with Crippen molar-refractivity contribution in [1.82, 2.24) is 4.98 Å². The van der Waals surface area contributed by atoms with E-state index in [-0.39, 0.29) is 11.7 Å². The van der Waals surface area contributed by atoms with Gasteiger partial charge in [-0.25, -0.2) is 4.98 Å². The largest absolute Gasteiger partial charge is 0.455 e. The molecule has 2 fully saturated rings. The summed E-state index contributed by atoms with van der Waals surface area (Å²) < 4.78 is 11.4. The molecule has 0 aromatic carbocycles. The van der Waals surface area contributed by atoms with Crippen LogP contribution in [0.5, 0.6) is 0 Å². The van der Waals surface area contributed by atoms with Crippen molar-refractivity contribution in [2.24, 2.45) is 23.2 Å². The fourth-order valence-electron chi connectivity index (χ4n) is 5.44. The fraction of sp³-hybridized carbons (Fsp3) is 0.741. The van der Waals surface area contributed by atoms with Crippen molar-refractivity contribution < 1.29 is 29.3 Å². The van der Waals surface area contributed by atoms with E-state index in [9.17, 15) is 19.8 Å². The molecule has 2 aliphatic rings. The number of carbonyl (C=O) groups is 2. The standard InChI is InChI=1S/C27H41NO6S/c1-15-9-8-10-21-27(32,34-21)24(30)22(16(2)12-20-14-35-19(5)28-20)33-25(31)18(4)13-26(6,7)23(29)17(3)11-15/h12,14-15,17-18,21-22,24,30,32H,8-11,13H2,1-7H3. The summed E-state index contributed by atoms with van der Waals surface area (Å²) in [5.74, 6) is -2.46. The molecule has 0 bridgehead atoms. The minimum atomic E-state index is -1.76. The number of Topliss-reactive ketones (excluding diaryl/α,β-unsaturated/α-hetero) is 1. The molecule has 0 aliphatic carbocycles. The van der Waals surface area contributed by atoms with Crippen molar-refractivity contribution in [3.8, 4) is 0 Å². The van der Waals surface area contributed by atoms with Crippen molar-refractivity contribution in [2.75, 3.05) is 0 Å². The maximum absolute atomic E-state index is 13.2. The molecule has 1 aromatic heterocycles. The average molecular weight is 508 g/mol. The molecule has 2 aliphatic heterocycles. The van der Waals surface area contributed by atoms with Gasteiger partial charge in [0.25, 0.3) is 0 Å². The third-order valence-corrected chi connectivity index (χ3v) is 8.19. The van der Waals surface area contributed by atoms with Gasteiger partial charge in [-0.05, 0) is 50.7 Å². The number of ketones is 1. The Hall–Kier alpha value is -1.61. The molecule has 0 saturated carbocycles. The fourth-order valence-corrected chi connectivity index (χ4v) is 6.01. The number of cyclic esters (lactones) is 1. The van der Waals surface area contributed by atoms with Gasteiger partial charge in [0.1, 0.15) is 11.9 Å². The van der Waals surface area contributed by atoms with Gasteiger partial charge in [-0.2, -0.15) is 0 Å². The number of fused-ring (bicyclic) bond motifs is 1. The van der Waals surface area contributed by atoms with Gasteiger partial charge in [-0.3, -0.25) is 9.59 Å². The van der Waals surface area contributed by atoms with E-state index in [0.717, 1.165) is 24.3 Å². The van der Waals surface area contributed by atoms with Crippen molar-refractivity contribution in [1.29, 1.82) is 0 Å². The molecule has 7 nitrogen and oxygen atoms in total. The highest BCUT2D eigenvalue weighted by molar-refractivity contribution is 7.09. The minimum absolute atomic E-state index is 0.105. The highest BCUT2D eigenvalue weighted by Gasteiger charge is 2.63. The Kier molecular flexibility index (Phi) is 8.62. The maximum Gasteiger partial charge on any atom is 0.309 e. The lowest BCUT2D eigenvalue weighted by atomic mass is 9.73. The highest BCUT2D eigenvalue weighted by Crippen LogP contribution is 2.44. The van der Waals surface area contributed by atoms with E-state index in [4.69, 9.17) is 9.47 Å². The second kappa shape index (κ2) is 10.8. The lowest BCUT2D eigenvalue weighted by Gasteiger charge is -2.32. The number of aryl methyl sites for hydroxylation is 1. The number of aliphatic hydroxyl groups excluding tert-OH is 1. The van der Waals surface area contributed by atoms with Crippen LogP contribution in [0.1, 0.15) is 84.3 Å². The first-order valence-corrected chi connectivity index (χ1v) is 13.6. The third-order valence-electron chi connectivity index (χ3n) is 7.40. The number of ether oxygens (including phenoxy) is 2. The normalized spacial score (nSPS) is 37.5. The van der Waals surface area contributed by atoms with Crippen LogP contribution in [0.15, 0.2) is 11.0 Å². The molecular weight excluding hydrogens is 466 g/mol. The van der Waals surface area contributed by atoms with E-state index < -0.39 is 41.4 Å². The van der Waals surface area contributed by atoms with Crippen LogP contribution in [0.4, 0.5) is 0 Å². The van der Waals surface area contributed by atoms with E-state index >= 15 is 0 Å². The van der Waals surface area contributed by atoms with Crippen LogP contribution in [0, 0.1) is 30.1 Å². The van der Waals surface area contributed by atoms with Crippen LogP contribution >= 0.6 is 11.3 Å². The second-order valence-electron chi connectivity index (χ2n) is 11.4. The summed E-state index contributed by atoms with van der Waals surface area (Å²) in [4.78, 5) is 30.8. The zero-order valence-corrected chi connectivity index (χ0v) is 22.9. The van der Waals surface area contributed by atoms with Crippen molar-refractivity contribution in [3.05, 3.63) is 21.7 Å². The van der Waals surface area contributed by atoms with Gasteiger partial charge in [0.05, 0.1) is 16.6 Å². The van der Waals surface area contributed by atoms with E-state index in [1.54, 1.807) is 19.9 Å². The molecule has 2 saturated heterocycles. The predicted octanol–water partition coefficient (Wildman–Crippen LogP) is 4.68. The molecule has 35 heavy (non-hydrogen) atoms. The van der Waals surface area contributed by atoms with E-state index in [1.807, 2.05) is 33.1 Å². The number of nitrogens with zero attached hydrogens (tertiary/aromatic N) is 1. The van der Waals surface area contributed by atoms with Crippen LogP contribution in [0.2, 0.25) is 0 Å². The quantitative estimate of drug-likeness (QED) is 0.442. The number of aliphatic hydroxyl groups is 2. The third kappa shape index (κ3) is 6.59. The number of rotatable bonds is 2. The van der Waals surface area contributed by atoms with Crippen LogP contribution < -0.4 is 0 Å². The van der Waals surface area contributed by atoms with Crippen LogP contribution in [-0.2, 0) is 19.1 Å². The molecule has 3 rings (SSSR count). The average Bonchev–Trinajstić information content (AvgIpc) is 3.26. The molecule has 7 unspecified atom stereocenters. The first-order valence-electron chi connectivity index (χ1n) is 12.7. The van der Waals surface area contributed by atoms with Crippen LogP contribution in [0.25, 0.3) is 6.08 Å². The van der Waals surface area contributed by atoms with Gasteiger partial charge in [0, 0.05) is 16.7 Å². The van der Waals surface area contributed by atoms with Crippen LogP contribution in [0.3, 0.4) is 0 Å². The lowest BCUT2D eigenvalue weighted by Crippen LogP contribution is -2.45. The second-order valence-corrected chi connectivity index (χ2v) is 12.4. The minimum Gasteiger partial charge on any atom is -0.455 e. The first kappa shape index (κ1) is 28.0. The zero-order valence-electron chi connectivity index (χ0n) is 22.0. The first-order chi connectivity index (χ1) is 16.2. The molecule has 0 amide bonds. The van der Waals surface area contributed by atoms with E-state index in [2.05, 4.69) is 11.9 Å². The summed E-state index contributed by atoms with van der Waals surface area (Å²) in [5.41, 5.74) is 0.572. The Morgan fingerprint density at radius 2 is 1.89 bits per heavy atom.